The van der Waals surface area contributed by atoms with Crippen LogP contribution in [0.2, 0.25) is 0 Å². The Bertz CT molecular complexity index is 424. The van der Waals surface area contributed by atoms with E-state index in [0.717, 1.165) is 13.0 Å². The number of hydrogen-bond donors (Lipinski definition) is 0. The molecule has 0 bridgehead atoms. The van der Waals surface area contributed by atoms with Gasteiger partial charge in [-0.1, -0.05) is 0 Å². The number of alkyl halides is 3. The van der Waals surface area contributed by atoms with Crippen LogP contribution in [0.3, 0.4) is 0 Å². The lowest BCUT2D eigenvalue weighted by Crippen LogP contribution is -2.14. The maximum atomic E-state index is 13.2. The lowest BCUT2D eigenvalue weighted by Gasteiger charge is -2.13. The molecule has 16 heavy (non-hydrogen) atoms. The smallest absolute Gasteiger partial charge is 0.419 e. The topological polar surface area (TPSA) is 26.3 Å². The number of carbonyl (C=O) groups is 1. The van der Waals surface area contributed by atoms with Crippen molar-refractivity contribution in [2.45, 2.75) is 13.1 Å². The highest BCUT2D eigenvalue weighted by atomic mass is 19.4. The van der Waals surface area contributed by atoms with E-state index in [4.69, 9.17) is 0 Å². The molecule has 2 nitrogen and oxygen atoms in total. The number of halogens is 4. The average molecular weight is 236 g/mol. The molecule has 88 valence electrons. The van der Waals surface area contributed by atoms with Crippen molar-refractivity contribution in [3.05, 3.63) is 29.1 Å². The van der Waals surface area contributed by atoms with Crippen LogP contribution in [0.4, 0.5) is 17.6 Å². The van der Waals surface area contributed by atoms with Crippen molar-refractivity contribution >= 4 is 5.78 Å². The number of Topliss-reactive ketones (excluding diaryl/α,β-unsaturated/α-hetero) is 1. The summed E-state index contributed by atoms with van der Waals surface area (Å²) in [5, 5.41) is 0. The second-order valence-corrected chi connectivity index (χ2v) is 3.09. The summed E-state index contributed by atoms with van der Waals surface area (Å²) in [5.74, 6) is -2.52. The molecule has 0 saturated carbocycles. The molecular formula is C10H8F4O2. The van der Waals surface area contributed by atoms with Gasteiger partial charge in [-0.3, -0.25) is 4.79 Å². The molecule has 0 fully saturated rings. The molecule has 1 aromatic rings. The van der Waals surface area contributed by atoms with Gasteiger partial charge in [0.15, 0.2) is 5.78 Å². The van der Waals surface area contributed by atoms with Gasteiger partial charge in [0.1, 0.15) is 17.1 Å². The second-order valence-electron chi connectivity index (χ2n) is 3.09. The van der Waals surface area contributed by atoms with Crippen LogP contribution in [-0.2, 0) is 6.18 Å². The highest BCUT2D eigenvalue weighted by molar-refractivity contribution is 5.96. The Morgan fingerprint density at radius 3 is 2.25 bits per heavy atom. The Morgan fingerprint density at radius 2 is 1.88 bits per heavy atom. The van der Waals surface area contributed by atoms with Crippen LogP contribution >= 0.6 is 0 Å². The second kappa shape index (κ2) is 4.11. The van der Waals surface area contributed by atoms with Gasteiger partial charge in [0.05, 0.1) is 7.11 Å². The number of ketones is 1. The van der Waals surface area contributed by atoms with E-state index in [9.17, 15) is 22.4 Å². The first-order valence-corrected chi connectivity index (χ1v) is 4.23. The quantitative estimate of drug-likeness (QED) is 0.582. The van der Waals surface area contributed by atoms with Crippen molar-refractivity contribution in [2.75, 3.05) is 7.11 Å². The summed E-state index contributed by atoms with van der Waals surface area (Å²) in [7, 11) is 1.17. The first kappa shape index (κ1) is 12.5. The highest BCUT2D eigenvalue weighted by Crippen LogP contribution is 2.36. The molecule has 0 spiro atoms. The van der Waals surface area contributed by atoms with Gasteiger partial charge in [-0.05, 0) is 13.0 Å². The molecule has 0 aromatic heterocycles. The van der Waals surface area contributed by atoms with E-state index < -0.39 is 28.9 Å². The summed E-state index contributed by atoms with van der Waals surface area (Å²) >= 11 is 0. The summed E-state index contributed by atoms with van der Waals surface area (Å²) in [6.45, 7) is 0.934. The SMILES string of the molecule is COc1cc(F)c(C(F)(F)F)c(C(C)=O)c1. The van der Waals surface area contributed by atoms with Gasteiger partial charge < -0.3 is 4.74 Å². The summed E-state index contributed by atoms with van der Waals surface area (Å²) in [5.41, 5.74) is -2.29. The number of hydrogen-bond acceptors (Lipinski definition) is 2. The molecule has 0 saturated heterocycles. The Hall–Kier alpha value is -1.59. The maximum Gasteiger partial charge on any atom is 0.419 e. The third kappa shape index (κ3) is 2.32. The van der Waals surface area contributed by atoms with Gasteiger partial charge in [-0.25, -0.2) is 4.39 Å². The van der Waals surface area contributed by atoms with Crippen LogP contribution in [0.25, 0.3) is 0 Å². The molecule has 0 aliphatic rings. The summed E-state index contributed by atoms with van der Waals surface area (Å²) in [4.78, 5) is 11.0. The molecule has 6 heteroatoms. The summed E-state index contributed by atoms with van der Waals surface area (Å²) in [6, 6.07) is 1.46. The molecule has 0 atom stereocenters. The molecule has 0 heterocycles. The van der Waals surface area contributed by atoms with Crippen molar-refractivity contribution in [3.63, 3.8) is 0 Å². The standard InChI is InChI=1S/C10H8F4O2/c1-5(15)7-3-6(16-2)4-8(11)9(7)10(12,13)14/h3-4H,1-2H3. The first-order chi connectivity index (χ1) is 7.27. The van der Waals surface area contributed by atoms with E-state index in [1.165, 1.54) is 7.11 Å². The lowest BCUT2D eigenvalue weighted by atomic mass is 10.0. The Balaban J connectivity index is 3.53. The molecule has 0 radical (unpaired) electrons. The van der Waals surface area contributed by atoms with E-state index in [1.807, 2.05) is 0 Å². The minimum absolute atomic E-state index is 0.129. The molecule has 0 N–H and O–H groups in total. The van der Waals surface area contributed by atoms with Crippen LogP contribution in [0.1, 0.15) is 22.8 Å². The van der Waals surface area contributed by atoms with E-state index in [2.05, 4.69) is 4.74 Å². The van der Waals surface area contributed by atoms with Crippen LogP contribution in [-0.4, -0.2) is 12.9 Å². The van der Waals surface area contributed by atoms with E-state index in [0.29, 0.717) is 6.07 Å². The predicted molar refractivity (Wildman–Crippen MR) is 48.0 cm³/mol. The number of ether oxygens (including phenoxy) is 1. The maximum absolute atomic E-state index is 13.2. The fourth-order valence-corrected chi connectivity index (χ4v) is 1.27. The lowest BCUT2D eigenvalue weighted by molar-refractivity contribution is -0.140. The van der Waals surface area contributed by atoms with Crippen molar-refractivity contribution in [3.8, 4) is 5.75 Å². The largest absolute Gasteiger partial charge is 0.497 e. The highest BCUT2D eigenvalue weighted by Gasteiger charge is 2.38. The molecule has 0 aliphatic heterocycles. The molecule has 0 amide bonds. The molecule has 0 unspecified atom stereocenters. The van der Waals surface area contributed by atoms with Gasteiger partial charge in [-0.2, -0.15) is 13.2 Å². The van der Waals surface area contributed by atoms with Crippen molar-refractivity contribution in [2.24, 2.45) is 0 Å². The van der Waals surface area contributed by atoms with E-state index in [-0.39, 0.29) is 5.75 Å². The van der Waals surface area contributed by atoms with Gasteiger partial charge in [0.25, 0.3) is 0 Å². The normalized spacial score (nSPS) is 11.4. The molecule has 1 aromatic carbocycles. The fraction of sp³-hybridized carbons (Fsp3) is 0.300. The van der Waals surface area contributed by atoms with Gasteiger partial charge >= 0.3 is 6.18 Å². The predicted octanol–water partition coefficient (Wildman–Crippen LogP) is 3.06. The Morgan fingerprint density at radius 1 is 1.31 bits per heavy atom. The Labute approximate surface area is 88.8 Å². The third-order valence-electron chi connectivity index (χ3n) is 1.96. The average Bonchev–Trinajstić information content (AvgIpc) is 2.14. The molecular weight excluding hydrogens is 228 g/mol. The molecule has 1 rings (SSSR count). The summed E-state index contributed by atoms with van der Waals surface area (Å²) < 4.78 is 55.2. The zero-order valence-electron chi connectivity index (χ0n) is 8.48. The molecule has 0 aliphatic carbocycles. The van der Waals surface area contributed by atoms with Crippen LogP contribution in [0.5, 0.6) is 5.75 Å². The van der Waals surface area contributed by atoms with Gasteiger partial charge in [-0.15, -0.1) is 0 Å². The third-order valence-corrected chi connectivity index (χ3v) is 1.96. The number of carbonyl (C=O) groups excluding carboxylic acids is 1. The zero-order chi connectivity index (χ0) is 12.5. The minimum Gasteiger partial charge on any atom is -0.497 e. The van der Waals surface area contributed by atoms with Gasteiger partial charge in [0, 0.05) is 11.6 Å². The van der Waals surface area contributed by atoms with Crippen molar-refractivity contribution in [1.82, 2.24) is 0 Å². The number of methoxy groups -OCH3 is 1. The van der Waals surface area contributed by atoms with Crippen molar-refractivity contribution in [1.29, 1.82) is 0 Å². The van der Waals surface area contributed by atoms with E-state index in [1.54, 1.807) is 0 Å². The number of benzene rings is 1. The first-order valence-electron chi connectivity index (χ1n) is 4.23. The van der Waals surface area contributed by atoms with Crippen molar-refractivity contribution < 1.29 is 27.1 Å². The van der Waals surface area contributed by atoms with E-state index >= 15 is 0 Å². The van der Waals surface area contributed by atoms with Crippen LogP contribution in [0.15, 0.2) is 12.1 Å². The van der Waals surface area contributed by atoms with Crippen LogP contribution < -0.4 is 4.74 Å². The minimum atomic E-state index is -4.91. The van der Waals surface area contributed by atoms with Gasteiger partial charge in [0.2, 0.25) is 0 Å². The zero-order valence-corrected chi connectivity index (χ0v) is 8.48. The van der Waals surface area contributed by atoms with Crippen LogP contribution in [0, 0.1) is 5.82 Å². The fourth-order valence-electron chi connectivity index (χ4n) is 1.27. The Kier molecular flexibility index (Phi) is 3.21. The number of rotatable bonds is 2. The summed E-state index contributed by atoms with van der Waals surface area (Å²) in [6.07, 6.45) is -4.91. The monoisotopic (exact) mass is 236 g/mol.